The summed E-state index contributed by atoms with van der Waals surface area (Å²) in [6, 6.07) is 0. The molecule has 0 spiro atoms. The summed E-state index contributed by atoms with van der Waals surface area (Å²) in [6.07, 6.45) is 1.17. The molecule has 1 aliphatic heterocycles. The van der Waals surface area contributed by atoms with Gasteiger partial charge in [-0.3, -0.25) is 4.90 Å². The van der Waals surface area contributed by atoms with E-state index in [1.165, 1.54) is 6.42 Å². The highest BCUT2D eigenvalue weighted by atomic mass is 16.4. The molecule has 16 heavy (non-hydrogen) atoms. The largest absolute Gasteiger partial charge is 0.444 e. The number of aryl methyl sites for hydroxylation is 2. The number of hydrogen-bond acceptors (Lipinski definition) is 4. The van der Waals surface area contributed by atoms with Crippen LogP contribution in [-0.4, -0.2) is 29.5 Å². The number of likely N-dealkylation sites (tertiary alicyclic amines) is 1. The van der Waals surface area contributed by atoms with Crippen LogP contribution in [-0.2, 0) is 6.54 Å². The third-order valence-electron chi connectivity index (χ3n) is 3.56. The van der Waals surface area contributed by atoms with Crippen LogP contribution in [0.2, 0.25) is 0 Å². The maximum absolute atomic E-state index is 5.79. The third-order valence-corrected chi connectivity index (χ3v) is 3.56. The number of oxazole rings is 1. The monoisotopic (exact) mass is 223 g/mol. The van der Waals surface area contributed by atoms with Crippen molar-refractivity contribution in [2.45, 2.75) is 33.7 Å². The Balaban J connectivity index is 1.97. The van der Waals surface area contributed by atoms with Gasteiger partial charge in [0.2, 0.25) is 5.89 Å². The summed E-state index contributed by atoms with van der Waals surface area (Å²) in [5.74, 6) is 1.76. The Labute approximate surface area is 96.8 Å². The fourth-order valence-corrected chi connectivity index (χ4v) is 2.23. The SMILES string of the molecule is Cc1nc(CN2CCC(C)(CN)C2)oc1C. The molecule has 0 bridgehead atoms. The van der Waals surface area contributed by atoms with Crippen LogP contribution in [0.1, 0.15) is 30.7 Å². The van der Waals surface area contributed by atoms with Crippen LogP contribution < -0.4 is 5.73 Å². The molecule has 1 unspecified atom stereocenters. The van der Waals surface area contributed by atoms with Crippen molar-refractivity contribution in [3.05, 3.63) is 17.3 Å². The standard InChI is InChI=1S/C12H21N3O/c1-9-10(2)16-11(14-9)6-15-5-4-12(3,7-13)8-15/h4-8,13H2,1-3H3. The minimum absolute atomic E-state index is 0.274. The lowest BCUT2D eigenvalue weighted by molar-refractivity contribution is 0.250. The Morgan fingerprint density at radius 1 is 1.50 bits per heavy atom. The molecule has 1 atom stereocenters. The first kappa shape index (κ1) is 11.6. The first-order valence-corrected chi connectivity index (χ1v) is 5.88. The van der Waals surface area contributed by atoms with Crippen LogP contribution in [0.25, 0.3) is 0 Å². The van der Waals surface area contributed by atoms with E-state index < -0.39 is 0 Å². The topological polar surface area (TPSA) is 55.3 Å². The zero-order valence-electron chi connectivity index (χ0n) is 10.4. The molecule has 0 saturated carbocycles. The lowest BCUT2D eigenvalue weighted by Gasteiger charge is -2.21. The normalized spacial score (nSPS) is 26.5. The zero-order chi connectivity index (χ0) is 11.8. The predicted molar refractivity (Wildman–Crippen MR) is 63.0 cm³/mol. The van der Waals surface area contributed by atoms with E-state index in [-0.39, 0.29) is 5.41 Å². The van der Waals surface area contributed by atoms with Crippen LogP contribution in [0.15, 0.2) is 4.42 Å². The van der Waals surface area contributed by atoms with Crippen LogP contribution in [0.4, 0.5) is 0 Å². The quantitative estimate of drug-likeness (QED) is 0.843. The van der Waals surface area contributed by atoms with Crippen molar-refractivity contribution in [2.24, 2.45) is 11.1 Å². The van der Waals surface area contributed by atoms with E-state index in [1.54, 1.807) is 0 Å². The van der Waals surface area contributed by atoms with Gasteiger partial charge in [-0.25, -0.2) is 4.98 Å². The predicted octanol–water partition coefficient (Wildman–Crippen LogP) is 1.46. The number of aromatic nitrogens is 1. The second-order valence-corrected chi connectivity index (χ2v) is 5.22. The van der Waals surface area contributed by atoms with Gasteiger partial charge in [-0.1, -0.05) is 6.92 Å². The summed E-state index contributed by atoms with van der Waals surface area (Å²) in [5, 5.41) is 0. The van der Waals surface area contributed by atoms with Crippen LogP contribution in [0, 0.1) is 19.3 Å². The molecule has 0 aliphatic carbocycles. The molecule has 90 valence electrons. The molecule has 0 aromatic carbocycles. The average molecular weight is 223 g/mol. The van der Waals surface area contributed by atoms with Crippen molar-refractivity contribution in [3.8, 4) is 0 Å². The van der Waals surface area contributed by atoms with Gasteiger partial charge >= 0.3 is 0 Å². The summed E-state index contributed by atoms with van der Waals surface area (Å²) >= 11 is 0. The Kier molecular flexibility index (Phi) is 3.04. The fourth-order valence-electron chi connectivity index (χ4n) is 2.23. The zero-order valence-corrected chi connectivity index (χ0v) is 10.4. The van der Waals surface area contributed by atoms with E-state index >= 15 is 0 Å². The van der Waals surface area contributed by atoms with E-state index in [1.807, 2.05) is 13.8 Å². The van der Waals surface area contributed by atoms with E-state index in [0.29, 0.717) is 0 Å². The highest BCUT2D eigenvalue weighted by Gasteiger charge is 2.32. The molecular weight excluding hydrogens is 202 g/mol. The highest BCUT2D eigenvalue weighted by molar-refractivity contribution is 5.05. The summed E-state index contributed by atoms with van der Waals surface area (Å²) in [4.78, 5) is 6.78. The summed E-state index contributed by atoms with van der Waals surface area (Å²) in [5.41, 5.74) is 7.06. The smallest absolute Gasteiger partial charge is 0.208 e. The first-order valence-electron chi connectivity index (χ1n) is 5.88. The highest BCUT2D eigenvalue weighted by Crippen LogP contribution is 2.29. The van der Waals surface area contributed by atoms with E-state index in [4.69, 9.17) is 10.2 Å². The van der Waals surface area contributed by atoms with Crippen molar-refractivity contribution >= 4 is 0 Å². The number of hydrogen-bond donors (Lipinski definition) is 1. The van der Waals surface area contributed by atoms with Gasteiger partial charge < -0.3 is 10.2 Å². The van der Waals surface area contributed by atoms with Gasteiger partial charge in [0.15, 0.2) is 0 Å². The van der Waals surface area contributed by atoms with Gasteiger partial charge in [0, 0.05) is 6.54 Å². The molecule has 1 aliphatic rings. The molecule has 2 heterocycles. The number of nitrogens with zero attached hydrogens (tertiary/aromatic N) is 2. The van der Waals surface area contributed by atoms with E-state index in [0.717, 1.165) is 43.5 Å². The van der Waals surface area contributed by atoms with Crippen molar-refractivity contribution in [1.29, 1.82) is 0 Å². The molecule has 1 aromatic rings. The molecule has 2 rings (SSSR count). The Bertz CT molecular complexity index is 355. The van der Waals surface area contributed by atoms with Crippen molar-refractivity contribution in [2.75, 3.05) is 19.6 Å². The lowest BCUT2D eigenvalue weighted by Crippen LogP contribution is -2.31. The third kappa shape index (κ3) is 2.28. The maximum Gasteiger partial charge on any atom is 0.208 e. The first-order chi connectivity index (χ1) is 7.52. The lowest BCUT2D eigenvalue weighted by atomic mass is 9.90. The number of rotatable bonds is 3. The van der Waals surface area contributed by atoms with E-state index in [9.17, 15) is 0 Å². The molecule has 2 N–H and O–H groups in total. The molecule has 0 radical (unpaired) electrons. The van der Waals surface area contributed by atoms with Crippen LogP contribution in [0.3, 0.4) is 0 Å². The van der Waals surface area contributed by atoms with Gasteiger partial charge in [0.25, 0.3) is 0 Å². The van der Waals surface area contributed by atoms with Gasteiger partial charge in [-0.05, 0) is 38.8 Å². The van der Waals surface area contributed by atoms with Crippen molar-refractivity contribution in [1.82, 2.24) is 9.88 Å². The van der Waals surface area contributed by atoms with E-state index in [2.05, 4.69) is 16.8 Å². The maximum atomic E-state index is 5.79. The Hall–Kier alpha value is -0.870. The second-order valence-electron chi connectivity index (χ2n) is 5.22. The molecule has 1 aromatic heterocycles. The Morgan fingerprint density at radius 2 is 2.25 bits per heavy atom. The molecule has 4 heteroatoms. The minimum atomic E-state index is 0.274. The second kappa shape index (κ2) is 4.18. The van der Waals surface area contributed by atoms with Gasteiger partial charge in [-0.2, -0.15) is 0 Å². The van der Waals surface area contributed by atoms with Crippen LogP contribution >= 0.6 is 0 Å². The van der Waals surface area contributed by atoms with Gasteiger partial charge in [0.05, 0.1) is 12.2 Å². The summed E-state index contributed by atoms with van der Waals surface area (Å²) in [7, 11) is 0. The number of nitrogens with two attached hydrogens (primary N) is 1. The van der Waals surface area contributed by atoms with Crippen molar-refractivity contribution < 1.29 is 4.42 Å². The Morgan fingerprint density at radius 3 is 2.75 bits per heavy atom. The molecule has 4 nitrogen and oxygen atoms in total. The molecule has 1 fully saturated rings. The molecular formula is C12H21N3O. The average Bonchev–Trinajstić information content (AvgIpc) is 2.74. The van der Waals surface area contributed by atoms with Gasteiger partial charge in [0.1, 0.15) is 5.76 Å². The van der Waals surface area contributed by atoms with Crippen molar-refractivity contribution in [3.63, 3.8) is 0 Å². The summed E-state index contributed by atoms with van der Waals surface area (Å²) < 4.78 is 5.59. The minimum Gasteiger partial charge on any atom is -0.444 e. The summed E-state index contributed by atoms with van der Waals surface area (Å²) in [6.45, 7) is 9.89. The van der Waals surface area contributed by atoms with Gasteiger partial charge in [-0.15, -0.1) is 0 Å². The fraction of sp³-hybridized carbons (Fsp3) is 0.750. The molecule has 1 saturated heterocycles. The van der Waals surface area contributed by atoms with Crippen LogP contribution in [0.5, 0.6) is 0 Å². The molecule has 0 amide bonds.